The number of hydrogen-bond donors (Lipinski definition) is 1. The minimum Gasteiger partial charge on any atom is -0.495 e. The summed E-state index contributed by atoms with van der Waals surface area (Å²) < 4.78 is 33.2. The van der Waals surface area contributed by atoms with E-state index in [1.807, 2.05) is 75.4 Å². The van der Waals surface area contributed by atoms with Gasteiger partial charge in [0.25, 0.3) is 0 Å². The van der Waals surface area contributed by atoms with Crippen molar-refractivity contribution < 1.29 is 22.7 Å². The topological polar surface area (TPSA) is 96.0 Å². The Kier molecular flexibility index (Phi) is 10.4. The molecule has 0 heterocycles. The highest BCUT2D eigenvalue weighted by Crippen LogP contribution is 2.30. The fraction of sp³-hybridized carbons (Fsp3) is 0.333. The van der Waals surface area contributed by atoms with E-state index in [9.17, 15) is 18.0 Å². The number of carbonyl (C=O) groups is 2. The first-order chi connectivity index (χ1) is 18.8. The predicted molar refractivity (Wildman–Crippen MR) is 162 cm³/mol. The van der Waals surface area contributed by atoms with Crippen LogP contribution in [-0.2, 0) is 32.6 Å². The molecule has 0 aliphatic heterocycles. The number of sulfonamides is 1. The normalized spacial score (nSPS) is 12.3. The Morgan fingerprint density at radius 3 is 2.10 bits per heavy atom. The molecule has 0 bridgehead atoms. The maximum absolute atomic E-state index is 14.1. The molecule has 40 heavy (non-hydrogen) atoms. The molecule has 3 rings (SSSR count). The molecule has 0 fully saturated rings. The van der Waals surface area contributed by atoms with Crippen molar-refractivity contribution in [2.24, 2.45) is 0 Å². The molecule has 0 spiro atoms. The van der Waals surface area contributed by atoms with Crippen LogP contribution in [0.1, 0.15) is 31.9 Å². The smallest absolute Gasteiger partial charge is 0.244 e. The van der Waals surface area contributed by atoms with E-state index in [1.54, 1.807) is 24.3 Å². The zero-order chi connectivity index (χ0) is 29.5. The van der Waals surface area contributed by atoms with Gasteiger partial charge in [0.1, 0.15) is 18.3 Å². The second-order valence-electron chi connectivity index (χ2n) is 10.5. The minimum atomic E-state index is -3.89. The number of halogens is 1. The van der Waals surface area contributed by atoms with Crippen LogP contribution in [0.25, 0.3) is 0 Å². The van der Waals surface area contributed by atoms with E-state index < -0.39 is 34.1 Å². The van der Waals surface area contributed by atoms with Gasteiger partial charge in [0, 0.05) is 23.0 Å². The number of para-hydroxylation sites is 2. The van der Waals surface area contributed by atoms with E-state index >= 15 is 0 Å². The van der Waals surface area contributed by atoms with Crippen LogP contribution < -0.4 is 14.4 Å². The molecule has 0 saturated heterocycles. The number of benzene rings is 3. The van der Waals surface area contributed by atoms with Crippen molar-refractivity contribution in [3.63, 3.8) is 0 Å². The van der Waals surface area contributed by atoms with Crippen LogP contribution in [0.3, 0.4) is 0 Å². The summed E-state index contributed by atoms with van der Waals surface area (Å²) in [5.41, 5.74) is 1.36. The average Bonchev–Trinajstić information content (AvgIpc) is 2.89. The lowest BCUT2D eigenvalue weighted by Gasteiger charge is -2.35. The maximum Gasteiger partial charge on any atom is 0.244 e. The predicted octanol–water partition coefficient (Wildman–Crippen LogP) is 4.78. The van der Waals surface area contributed by atoms with Crippen LogP contribution in [0.4, 0.5) is 5.69 Å². The van der Waals surface area contributed by atoms with Crippen LogP contribution in [0, 0.1) is 0 Å². The van der Waals surface area contributed by atoms with Crippen molar-refractivity contribution in [2.75, 3.05) is 24.2 Å². The minimum absolute atomic E-state index is 0.102. The third-order valence-corrected chi connectivity index (χ3v) is 7.72. The first kappa shape index (κ1) is 31.2. The SMILES string of the molecule is COc1ccccc1N(CC(=O)N(Cc1ccc(Br)cc1)[C@H](Cc1ccccc1)C(=O)NC(C)(C)C)S(C)(=O)=O. The number of rotatable bonds is 11. The molecular weight excluding hydrogens is 594 g/mol. The van der Waals surface area contributed by atoms with Crippen molar-refractivity contribution in [1.82, 2.24) is 10.2 Å². The van der Waals surface area contributed by atoms with E-state index in [2.05, 4.69) is 21.2 Å². The summed E-state index contributed by atoms with van der Waals surface area (Å²) in [5, 5.41) is 3.01. The van der Waals surface area contributed by atoms with Gasteiger partial charge in [-0.15, -0.1) is 0 Å². The Morgan fingerprint density at radius 1 is 0.925 bits per heavy atom. The molecule has 214 valence electrons. The molecule has 0 aliphatic rings. The second-order valence-corrected chi connectivity index (χ2v) is 13.4. The number of nitrogens with zero attached hydrogens (tertiary/aromatic N) is 2. The van der Waals surface area contributed by atoms with Gasteiger partial charge in [-0.3, -0.25) is 13.9 Å². The number of anilines is 1. The van der Waals surface area contributed by atoms with Crippen molar-refractivity contribution in [3.8, 4) is 5.75 Å². The van der Waals surface area contributed by atoms with Crippen molar-refractivity contribution in [1.29, 1.82) is 0 Å². The van der Waals surface area contributed by atoms with Gasteiger partial charge in [0.05, 0.1) is 19.1 Å². The van der Waals surface area contributed by atoms with Crippen LogP contribution in [0.2, 0.25) is 0 Å². The number of methoxy groups -OCH3 is 1. The summed E-state index contributed by atoms with van der Waals surface area (Å²) in [5.74, 6) is -0.541. The van der Waals surface area contributed by atoms with Crippen LogP contribution >= 0.6 is 15.9 Å². The highest BCUT2D eigenvalue weighted by Gasteiger charge is 2.34. The van der Waals surface area contributed by atoms with Crippen LogP contribution in [0.15, 0.2) is 83.3 Å². The van der Waals surface area contributed by atoms with E-state index in [-0.39, 0.29) is 24.6 Å². The van der Waals surface area contributed by atoms with E-state index in [1.165, 1.54) is 12.0 Å². The van der Waals surface area contributed by atoms with Gasteiger partial charge >= 0.3 is 0 Å². The molecule has 3 aromatic rings. The van der Waals surface area contributed by atoms with E-state index in [0.717, 1.165) is 26.2 Å². The molecule has 2 amide bonds. The number of amides is 2. The third kappa shape index (κ3) is 8.82. The van der Waals surface area contributed by atoms with Crippen LogP contribution in [0.5, 0.6) is 5.75 Å². The van der Waals surface area contributed by atoms with Gasteiger partial charge in [-0.2, -0.15) is 0 Å². The van der Waals surface area contributed by atoms with Gasteiger partial charge in [0.2, 0.25) is 21.8 Å². The van der Waals surface area contributed by atoms with E-state index in [0.29, 0.717) is 5.75 Å². The zero-order valence-corrected chi connectivity index (χ0v) is 25.8. The molecule has 0 saturated carbocycles. The van der Waals surface area contributed by atoms with Gasteiger partial charge in [-0.1, -0.05) is 70.5 Å². The van der Waals surface area contributed by atoms with Gasteiger partial charge in [0.15, 0.2) is 0 Å². The van der Waals surface area contributed by atoms with Crippen molar-refractivity contribution in [3.05, 3.63) is 94.5 Å². The van der Waals surface area contributed by atoms with E-state index in [4.69, 9.17) is 4.74 Å². The summed E-state index contributed by atoms with van der Waals surface area (Å²) in [6, 6.07) is 22.6. The Balaban J connectivity index is 2.09. The first-order valence-corrected chi connectivity index (χ1v) is 15.4. The Hall–Kier alpha value is -3.37. The molecule has 8 nitrogen and oxygen atoms in total. The average molecular weight is 631 g/mol. The molecule has 10 heteroatoms. The summed E-state index contributed by atoms with van der Waals surface area (Å²) in [7, 11) is -2.45. The zero-order valence-electron chi connectivity index (χ0n) is 23.4. The van der Waals surface area contributed by atoms with Crippen molar-refractivity contribution >= 4 is 43.5 Å². The highest BCUT2D eigenvalue weighted by molar-refractivity contribution is 9.10. The molecule has 0 aromatic heterocycles. The molecule has 1 atom stereocenters. The largest absolute Gasteiger partial charge is 0.495 e. The summed E-state index contributed by atoms with van der Waals surface area (Å²) in [6.07, 6.45) is 1.29. The summed E-state index contributed by atoms with van der Waals surface area (Å²) >= 11 is 3.43. The molecule has 0 aliphatic carbocycles. The molecule has 1 N–H and O–H groups in total. The Bertz CT molecular complexity index is 1410. The number of nitrogens with one attached hydrogen (secondary N) is 1. The summed E-state index contributed by atoms with van der Waals surface area (Å²) in [6.45, 7) is 5.21. The fourth-order valence-corrected chi connectivity index (χ4v) is 5.34. The third-order valence-electron chi connectivity index (χ3n) is 6.07. The number of hydrogen-bond acceptors (Lipinski definition) is 5. The van der Waals surface area contributed by atoms with Crippen molar-refractivity contribution in [2.45, 2.75) is 45.3 Å². The standard InChI is InChI=1S/C30H36BrN3O5S/c1-30(2,3)32-29(36)26(19-22-11-7-6-8-12-22)33(20-23-15-17-24(31)18-16-23)28(35)21-34(40(5,37)38)25-13-9-10-14-27(25)39-4/h6-18,26H,19-21H2,1-5H3,(H,32,36)/t26-/m1/s1. The monoisotopic (exact) mass is 629 g/mol. The second kappa shape index (κ2) is 13.3. The lowest BCUT2D eigenvalue weighted by Crippen LogP contribution is -2.56. The quantitative estimate of drug-likeness (QED) is 0.329. The van der Waals surface area contributed by atoms with Gasteiger partial charge in [-0.05, 0) is 56.2 Å². The first-order valence-electron chi connectivity index (χ1n) is 12.8. The lowest BCUT2D eigenvalue weighted by atomic mass is 10.0. The summed E-state index contributed by atoms with van der Waals surface area (Å²) in [4.78, 5) is 29.3. The highest BCUT2D eigenvalue weighted by atomic mass is 79.9. The van der Waals surface area contributed by atoms with Gasteiger partial charge < -0.3 is 15.0 Å². The fourth-order valence-electron chi connectivity index (χ4n) is 4.22. The lowest BCUT2D eigenvalue weighted by molar-refractivity contribution is -0.140. The maximum atomic E-state index is 14.1. The Labute approximate surface area is 245 Å². The van der Waals surface area contributed by atoms with Gasteiger partial charge in [-0.25, -0.2) is 8.42 Å². The number of ether oxygens (including phenoxy) is 1. The molecule has 0 unspecified atom stereocenters. The Morgan fingerprint density at radius 2 is 1.52 bits per heavy atom. The molecule has 0 radical (unpaired) electrons. The number of carbonyl (C=O) groups excluding carboxylic acids is 2. The molecular formula is C30H36BrN3O5S. The molecule has 3 aromatic carbocycles. The van der Waals surface area contributed by atoms with Crippen LogP contribution in [-0.4, -0.2) is 56.6 Å².